The molecule has 1 saturated carbocycles. The molecule has 1 N–H and O–H groups in total. The zero-order valence-electron chi connectivity index (χ0n) is 17.5. The molecule has 162 valence electrons. The molecule has 3 aliphatic heterocycles. The van der Waals surface area contributed by atoms with Crippen molar-refractivity contribution in [2.24, 2.45) is 0 Å². The van der Waals surface area contributed by atoms with Crippen LogP contribution in [0.25, 0.3) is 0 Å². The SMILES string of the molecule is C[C@H]1CN2CCC[C@H](NS(C)(=O)=O)C2COC2CCC(CC2)c2ccccc2O1. The second-order valence-corrected chi connectivity index (χ2v) is 10.8. The Morgan fingerprint density at radius 2 is 1.86 bits per heavy atom. The highest BCUT2D eigenvalue weighted by molar-refractivity contribution is 7.88. The van der Waals surface area contributed by atoms with E-state index in [2.05, 4.69) is 34.7 Å². The largest absolute Gasteiger partial charge is 0.489 e. The molecule has 29 heavy (non-hydrogen) atoms. The number of nitrogens with zero attached hydrogens (tertiary/aromatic N) is 1. The molecule has 1 aliphatic carbocycles. The summed E-state index contributed by atoms with van der Waals surface area (Å²) in [6, 6.07) is 8.39. The number of nitrogens with one attached hydrogen (secondary N) is 1. The molecule has 2 bridgehead atoms. The van der Waals surface area contributed by atoms with Crippen molar-refractivity contribution in [2.45, 2.75) is 75.7 Å². The molecular weight excluding hydrogens is 388 g/mol. The molecule has 0 spiro atoms. The Hall–Kier alpha value is -1.15. The molecule has 1 saturated heterocycles. The van der Waals surface area contributed by atoms with Crippen molar-refractivity contribution < 1.29 is 17.9 Å². The minimum Gasteiger partial charge on any atom is -0.489 e. The minimum absolute atomic E-state index is 0.0218. The van der Waals surface area contributed by atoms with Crippen LogP contribution < -0.4 is 9.46 Å². The summed E-state index contributed by atoms with van der Waals surface area (Å²) in [6.07, 6.45) is 7.67. The van der Waals surface area contributed by atoms with Crippen molar-refractivity contribution >= 4 is 10.0 Å². The molecular formula is C22H34N2O4S. The van der Waals surface area contributed by atoms with Crippen molar-refractivity contribution in [3.8, 4) is 5.75 Å². The zero-order chi connectivity index (χ0) is 20.4. The predicted molar refractivity (Wildman–Crippen MR) is 114 cm³/mol. The number of para-hydroxylation sites is 1. The van der Waals surface area contributed by atoms with Crippen molar-refractivity contribution in [1.82, 2.24) is 9.62 Å². The van der Waals surface area contributed by atoms with Crippen LogP contribution in [0.3, 0.4) is 0 Å². The van der Waals surface area contributed by atoms with Crippen LogP contribution in [-0.4, -0.2) is 63.6 Å². The summed E-state index contributed by atoms with van der Waals surface area (Å²) in [5.41, 5.74) is 1.32. The maximum absolute atomic E-state index is 11.9. The van der Waals surface area contributed by atoms with Gasteiger partial charge < -0.3 is 9.47 Å². The number of benzene rings is 1. The molecule has 5 rings (SSSR count). The number of fused-ring (bicyclic) bond motifs is 5. The minimum atomic E-state index is -3.26. The first-order valence-electron chi connectivity index (χ1n) is 11.0. The van der Waals surface area contributed by atoms with Crippen molar-refractivity contribution in [3.63, 3.8) is 0 Å². The smallest absolute Gasteiger partial charge is 0.209 e. The molecule has 7 heteroatoms. The molecule has 3 atom stereocenters. The van der Waals surface area contributed by atoms with E-state index in [0.717, 1.165) is 57.4 Å². The van der Waals surface area contributed by atoms with E-state index in [4.69, 9.17) is 9.47 Å². The van der Waals surface area contributed by atoms with Crippen molar-refractivity contribution in [1.29, 1.82) is 0 Å². The predicted octanol–water partition coefficient (Wildman–Crippen LogP) is 2.89. The van der Waals surface area contributed by atoms with Gasteiger partial charge in [-0.1, -0.05) is 18.2 Å². The summed E-state index contributed by atoms with van der Waals surface area (Å²) < 4.78 is 39.5. The van der Waals surface area contributed by atoms with Crippen LogP contribution in [0, 0.1) is 0 Å². The molecule has 2 fully saturated rings. The van der Waals surface area contributed by atoms with Gasteiger partial charge in [-0.15, -0.1) is 0 Å². The van der Waals surface area contributed by atoms with E-state index in [1.165, 1.54) is 11.8 Å². The maximum atomic E-state index is 11.9. The van der Waals surface area contributed by atoms with Crippen LogP contribution >= 0.6 is 0 Å². The Labute approximate surface area is 175 Å². The van der Waals surface area contributed by atoms with Crippen LogP contribution in [0.1, 0.15) is 56.9 Å². The molecule has 1 unspecified atom stereocenters. The summed E-state index contributed by atoms with van der Waals surface area (Å²) in [5, 5.41) is 0. The van der Waals surface area contributed by atoms with Gasteiger partial charge in [-0.25, -0.2) is 13.1 Å². The van der Waals surface area contributed by atoms with E-state index in [1.807, 2.05) is 6.07 Å². The van der Waals surface area contributed by atoms with Gasteiger partial charge >= 0.3 is 0 Å². The van der Waals surface area contributed by atoms with E-state index in [0.29, 0.717) is 12.5 Å². The van der Waals surface area contributed by atoms with E-state index >= 15 is 0 Å². The maximum Gasteiger partial charge on any atom is 0.209 e. The number of rotatable bonds is 2. The summed E-state index contributed by atoms with van der Waals surface area (Å²) in [5.74, 6) is 1.53. The molecule has 4 aliphatic rings. The zero-order valence-corrected chi connectivity index (χ0v) is 18.4. The second kappa shape index (κ2) is 8.92. The lowest BCUT2D eigenvalue weighted by Crippen LogP contribution is -2.58. The highest BCUT2D eigenvalue weighted by Gasteiger charge is 2.36. The number of ether oxygens (including phenoxy) is 2. The van der Waals surface area contributed by atoms with Gasteiger partial charge in [-0.05, 0) is 69.5 Å². The first-order valence-corrected chi connectivity index (χ1v) is 12.9. The van der Waals surface area contributed by atoms with Crippen LogP contribution in [0.15, 0.2) is 24.3 Å². The topological polar surface area (TPSA) is 67.9 Å². The van der Waals surface area contributed by atoms with Crippen molar-refractivity contribution in [2.75, 3.05) is 26.0 Å². The third-order valence-electron chi connectivity index (χ3n) is 6.61. The fraction of sp³-hybridized carbons (Fsp3) is 0.727. The molecule has 3 heterocycles. The van der Waals surface area contributed by atoms with Gasteiger partial charge in [0.15, 0.2) is 0 Å². The quantitative estimate of drug-likeness (QED) is 0.794. The Bertz CT molecular complexity index is 792. The average molecular weight is 423 g/mol. The van der Waals surface area contributed by atoms with E-state index in [1.54, 1.807) is 0 Å². The number of hydrogen-bond acceptors (Lipinski definition) is 5. The van der Waals surface area contributed by atoms with Crippen LogP contribution in [0.2, 0.25) is 0 Å². The lowest BCUT2D eigenvalue weighted by molar-refractivity contribution is -0.0323. The van der Waals surface area contributed by atoms with Crippen molar-refractivity contribution in [3.05, 3.63) is 29.8 Å². The average Bonchev–Trinajstić information content (AvgIpc) is 2.68. The van der Waals surface area contributed by atoms with Gasteiger partial charge in [0.2, 0.25) is 10.0 Å². The molecule has 0 amide bonds. The van der Waals surface area contributed by atoms with Crippen LogP contribution in [0.4, 0.5) is 0 Å². The number of sulfonamides is 1. The third kappa shape index (κ3) is 5.32. The van der Waals surface area contributed by atoms with Crippen LogP contribution in [-0.2, 0) is 14.8 Å². The fourth-order valence-electron chi connectivity index (χ4n) is 5.27. The van der Waals surface area contributed by atoms with Gasteiger partial charge in [-0.2, -0.15) is 0 Å². The first kappa shape index (κ1) is 21.1. The number of hydrogen-bond donors (Lipinski definition) is 1. The van der Waals surface area contributed by atoms with E-state index in [-0.39, 0.29) is 24.3 Å². The highest BCUT2D eigenvalue weighted by atomic mass is 32.2. The van der Waals surface area contributed by atoms with Gasteiger partial charge in [-0.3, -0.25) is 4.90 Å². The molecule has 0 radical (unpaired) electrons. The lowest BCUT2D eigenvalue weighted by Gasteiger charge is -2.42. The summed E-state index contributed by atoms with van der Waals surface area (Å²) in [4.78, 5) is 2.37. The van der Waals surface area contributed by atoms with Gasteiger partial charge in [0.1, 0.15) is 11.9 Å². The normalized spacial score (nSPS) is 34.1. The van der Waals surface area contributed by atoms with Gasteiger partial charge in [0, 0.05) is 18.6 Å². The first-order chi connectivity index (χ1) is 13.9. The Morgan fingerprint density at radius 1 is 1.10 bits per heavy atom. The summed E-state index contributed by atoms with van der Waals surface area (Å²) in [7, 11) is -3.26. The number of piperidine rings is 1. The van der Waals surface area contributed by atoms with E-state index < -0.39 is 10.0 Å². The van der Waals surface area contributed by atoms with E-state index in [9.17, 15) is 8.42 Å². The Balaban J connectivity index is 1.60. The summed E-state index contributed by atoms with van der Waals surface area (Å²) >= 11 is 0. The third-order valence-corrected chi connectivity index (χ3v) is 7.35. The van der Waals surface area contributed by atoms with Gasteiger partial charge in [0.05, 0.1) is 19.0 Å². The molecule has 1 aromatic carbocycles. The molecule has 1 aromatic rings. The summed E-state index contributed by atoms with van der Waals surface area (Å²) in [6.45, 7) is 4.39. The monoisotopic (exact) mass is 422 g/mol. The Morgan fingerprint density at radius 3 is 2.62 bits per heavy atom. The van der Waals surface area contributed by atoms with Gasteiger partial charge in [0.25, 0.3) is 0 Å². The lowest BCUT2D eigenvalue weighted by atomic mass is 9.82. The second-order valence-electron chi connectivity index (χ2n) is 8.97. The Kier molecular flexibility index (Phi) is 6.49. The highest BCUT2D eigenvalue weighted by Crippen LogP contribution is 2.39. The fourth-order valence-corrected chi connectivity index (χ4v) is 6.10. The van der Waals surface area contributed by atoms with Crippen LogP contribution in [0.5, 0.6) is 5.75 Å². The standard InChI is InChI=1S/C22H34N2O4S/c1-16-14-24-13-5-7-20(23-29(2,25)26)21(24)15-27-18-11-9-17(10-12-18)19-6-3-4-8-22(19)28-16/h3-4,6,8,16-18,20-21,23H,5,7,9-15H2,1-2H3/t16-,17?,18?,20-,21?/m0/s1. The molecule has 0 aromatic heterocycles. The molecule has 6 nitrogen and oxygen atoms in total.